The Balaban J connectivity index is 1.68. The van der Waals surface area contributed by atoms with Crippen molar-refractivity contribution in [2.24, 2.45) is 0 Å². The molecule has 3 heterocycles. The summed E-state index contributed by atoms with van der Waals surface area (Å²) in [7, 11) is 0. The Hall–Kier alpha value is -3.03. The SMILES string of the molecule is O=C(O)[C@H]1C[C@H](Nc2cc(-c3ccc(Cl)cc3)nc(-c3cccnc3)n2)CN1. The molecule has 2 atom stereocenters. The molecule has 4 rings (SSSR count). The largest absolute Gasteiger partial charge is 0.480 e. The lowest BCUT2D eigenvalue weighted by Gasteiger charge is -2.14. The van der Waals surface area contributed by atoms with Crippen molar-refractivity contribution in [3.8, 4) is 22.6 Å². The number of pyridine rings is 1. The van der Waals surface area contributed by atoms with Gasteiger partial charge in [0.2, 0.25) is 0 Å². The van der Waals surface area contributed by atoms with Gasteiger partial charge in [-0.15, -0.1) is 0 Å². The van der Waals surface area contributed by atoms with Crippen molar-refractivity contribution in [3.05, 3.63) is 59.9 Å². The maximum absolute atomic E-state index is 11.2. The minimum atomic E-state index is -0.843. The third-order valence-corrected chi connectivity index (χ3v) is 4.82. The number of carbonyl (C=O) groups is 1. The second kappa shape index (κ2) is 7.92. The molecule has 1 aliphatic heterocycles. The van der Waals surface area contributed by atoms with E-state index in [4.69, 9.17) is 11.6 Å². The second-order valence-corrected chi connectivity index (χ2v) is 7.02. The predicted molar refractivity (Wildman–Crippen MR) is 107 cm³/mol. The topological polar surface area (TPSA) is 100 Å². The third kappa shape index (κ3) is 4.11. The van der Waals surface area contributed by atoms with E-state index in [9.17, 15) is 9.90 Å². The van der Waals surface area contributed by atoms with Crippen LogP contribution in [0.1, 0.15) is 6.42 Å². The predicted octanol–water partition coefficient (Wildman–Crippen LogP) is 3.09. The molecule has 2 aromatic heterocycles. The van der Waals surface area contributed by atoms with Crippen molar-refractivity contribution in [1.82, 2.24) is 20.3 Å². The van der Waals surface area contributed by atoms with Crippen LogP contribution in [0.5, 0.6) is 0 Å². The number of carboxylic acid groups (broad SMARTS) is 1. The fourth-order valence-electron chi connectivity index (χ4n) is 3.16. The lowest BCUT2D eigenvalue weighted by molar-refractivity contribution is -0.139. The molecule has 0 spiro atoms. The summed E-state index contributed by atoms with van der Waals surface area (Å²) >= 11 is 6.00. The summed E-state index contributed by atoms with van der Waals surface area (Å²) in [5.41, 5.74) is 2.45. The highest BCUT2D eigenvalue weighted by atomic mass is 35.5. The molecule has 0 amide bonds. The number of hydrogen-bond donors (Lipinski definition) is 3. The average Bonchev–Trinajstić information content (AvgIpc) is 3.18. The van der Waals surface area contributed by atoms with Crippen LogP contribution in [0.15, 0.2) is 54.9 Å². The van der Waals surface area contributed by atoms with E-state index in [0.29, 0.717) is 29.6 Å². The summed E-state index contributed by atoms with van der Waals surface area (Å²) in [5, 5.41) is 16.2. The zero-order valence-electron chi connectivity index (χ0n) is 14.8. The van der Waals surface area contributed by atoms with Gasteiger partial charge in [0.05, 0.1) is 5.69 Å². The van der Waals surface area contributed by atoms with Crippen molar-refractivity contribution >= 4 is 23.4 Å². The van der Waals surface area contributed by atoms with E-state index in [1.807, 2.05) is 42.5 Å². The summed E-state index contributed by atoms with van der Waals surface area (Å²) in [6, 6.07) is 12.4. The molecule has 0 saturated carbocycles. The van der Waals surface area contributed by atoms with Crippen LogP contribution >= 0.6 is 11.6 Å². The Bertz CT molecular complexity index is 982. The molecule has 3 aromatic rings. The Morgan fingerprint density at radius 3 is 2.68 bits per heavy atom. The number of nitrogens with zero attached hydrogens (tertiary/aromatic N) is 3. The van der Waals surface area contributed by atoms with Gasteiger partial charge in [0.15, 0.2) is 5.82 Å². The van der Waals surface area contributed by atoms with Gasteiger partial charge in [-0.05, 0) is 30.7 Å². The molecule has 1 saturated heterocycles. The van der Waals surface area contributed by atoms with E-state index in [0.717, 1.165) is 16.8 Å². The van der Waals surface area contributed by atoms with Crippen molar-refractivity contribution in [3.63, 3.8) is 0 Å². The van der Waals surface area contributed by atoms with E-state index < -0.39 is 12.0 Å². The number of carboxylic acids is 1. The van der Waals surface area contributed by atoms with Crippen molar-refractivity contribution in [1.29, 1.82) is 0 Å². The molecule has 7 nitrogen and oxygen atoms in total. The van der Waals surface area contributed by atoms with E-state index in [-0.39, 0.29) is 6.04 Å². The quantitative estimate of drug-likeness (QED) is 0.610. The zero-order valence-corrected chi connectivity index (χ0v) is 15.6. The van der Waals surface area contributed by atoms with Crippen molar-refractivity contribution < 1.29 is 9.90 Å². The van der Waals surface area contributed by atoms with Gasteiger partial charge in [-0.2, -0.15) is 0 Å². The van der Waals surface area contributed by atoms with Gasteiger partial charge in [-0.1, -0.05) is 23.7 Å². The van der Waals surface area contributed by atoms with Crippen LogP contribution in [0, 0.1) is 0 Å². The monoisotopic (exact) mass is 395 g/mol. The van der Waals surface area contributed by atoms with E-state index >= 15 is 0 Å². The van der Waals surface area contributed by atoms with Crippen LogP contribution in [0.2, 0.25) is 5.02 Å². The van der Waals surface area contributed by atoms with E-state index in [1.165, 1.54) is 0 Å². The number of hydrogen-bond acceptors (Lipinski definition) is 6. The number of halogens is 1. The molecule has 0 bridgehead atoms. The Kier molecular flexibility index (Phi) is 5.18. The van der Waals surface area contributed by atoms with Crippen LogP contribution in [0.4, 0.5) is 5.82 Å². The molecule has 28 heavy (non-hydrogen) atoms. The Labute approximate surface area is 166 Å². The molecule has 1 aromatic carbocycles. The summed E-state index contributed by atoms with van der Waals surface area (Å²) in [6.45, 7) is 0.555. The number of nitrogens with one attached hydrogen (secondary N) is 2. The first-order valence-corrected chi connectivity index (χ1v) is 9.24. The van der Waals surface area contributed by atoms with Crippen LogP contribution < -0.4 is 10.6 Å². The Morgan fingerprint density at radius 2 is 2.00 bits per heavy atom. The molecule has 0 unspecified atom stereocenters. The zero-order chi connectivity index (χ0) is 19.5. The van der Waals surface area contributed by atoms with Crippen LogP contribution in [-0.2, 0) is 4.79 Å². The standard InChI is InChI=1S/C20H18ClN5O2/c21-14-5-3-12(4-6-14)16-9-18(24-15-8-17(20(27)28)23-11-15)26-19(25-16)13-2-1-7-22-10-13/h1-7,9-10,15,17,23H,8,11H2,(H,27,28)(H,24,25,26)/t15-,17+/m0/s1. The van der Waals surface area contributed by atoms with Gasteiger partial charge >= 0.3 is 5.97 Å². The average molecular weight is 396 g/mol. The number of aromatic nitrogens is 3. The Morgan fingerprint density at radius 1 is 1.18 bits per heavy atom. The highest BCUT2D eigenvalue weighted by Crippen LogP contribution is 2.26. The number of anilines is 1. The molecule has 3 N–H and O–H groups in total. The van der Waals surface area contributed by atoms with Crippen molar-refractivity contribution in [2.45, 2.75) is 18.5 Å². The van der Waals surface area contributed by atoms with E-state index in [2.05, 4.69) is 25.6 Å². The third-order valence-electron chi connectivity index (χ3n) is 4.57. The van der Waals surface area contributed by atoms with Gasteiger partial charge in [0, 0.05) is 47.2 Å². The maximum Gasteiger partial charge on any atom is 0.320 e. The summed E-state index contributed by atoms with van der Waals surface area (Å²) in [5.74, 6) is 0.338. The van der Waals surface area contributed by atoms with Gasteiger partial charge in [-0.25, -0.2) is 9.97 Å². The van der Waals surface area contributed by atoms with E-state index in [1.54, 1.807) is 12.4 Å². The fraction of sp³-hybridized carbons (Fsp3) is 0.200. The molecule has 0 radical (unpaired) electrons. The van der Waals surface area contributed by atoms with Gasteiger partial charge < -0.3 is 15.7 Å². The first-order valence-electron chi connectivity index (χ1n) is 8.86. The lowest BCUT2D eigenvalue weighted by Crippen LogP contribution is -2.30. The summed E-state index contributed by atoms with van der Waals surface area (Å²) in [4.78, 5) is 24.6. The molecule has 0 aliphatic carbocycles. The highest BCUT2D eigenvalue weighted by Gasteiger charge is 2.29. The minimum absolute atomic E-state index is 0.0317. The first-order chi connectivity index (χ1) is 13.6. The van der Waals surface area contributed by atoms with Crippen molar-refractivity contribution in [2.75, 3.05) is 11.9 Å². The number of rotatable bonds is 5. The lowest BCUT2D eigenvalue weighted by atomic mass is 10.1. The molecular formula is C20H18ClN5O2. The second-order valence-electron chi connectivity index (χ2n) is 6.59. The molecule has 1 fully saturated rings. The number of aliphatic carboxylic acids is 1. The summed E-state index contributed by atoms with van der Waals surface area (Å²) in [6.07, 6.45) is 3.89. The highest BCUT2D eigenvalue weighted by molar-refractivity contribution is 6.30. The van der Waals surface area contributed by atoms with Gasteiger partial charge in [0.1, 0.15) is 11.9 Å². The number of benzene rings is 1. The fourth-order valence-corrected chi connectivity index (χ4v) is 3.28. The van der Waals surface area contributed by atoms with Crippen LogP contribution in [-0.4, -0.2) is 44.7 Å². The molecule has 1 aliphatic rings. The first kappa shape index (κ1) is 18.3. The molecule has 142 valence electrons. The maximum atomic E-state index is 11.2. The van der Waals surface area contributed by atoms with Crippen LogP contribution in [0.3, 0.4) is 0 Å². The van der Waals surface area contributed by atoms with Gasteiger partial charge in [0.25, 0.3) is 0 Å². The summed E-state index contributed by atoms with van der Waals surface area (Å²) < 4.78 is 0. The van der Waals surface area contributed by atoms with Gasteiger partial charge in [-0.3, -0.25) is 9.78 Å². The smallest absolute Gasteiger partial charge is 0.320 e. The normalized spacial score (nSPS) is 18.8. The van der Waals surface area contributed by atoms with Crippen LogP contribution in [0.25, 0.3) is 22.6 Å². The molecule has 8 heteroatoms. The minimum Gasteiger partial charge on any atom is -0.480 e. The molecular weight excluding hydrogens is 378 g/mol.